The summed E-state index contributed by atoms with van der Waals surface area (Å²) >= 11 is 0. The van der Waals surface area contributed by atoms with Crippen LogP contribution < -0.4 is 5.32 Å². The van der Waals surface area contributed by atoms with Crippen molar-refractivity contribution in [3.63, 3.8) is 0 Å². The van der Waals surface area contributed by atoms with Crippen LogP contribution in [0.25, 0.3) is 10.9 Å². The lowest BCUT2D eigenvalue weighted by Gasteiger charge is -2.03. The fourth-order valence-electron chi connectivity index (χ4n) is 2.44. The maximum atomic E-state index is 11.9. The normalized spacial score (nSPS) is 10.7. The number of nitrogens with one attached hydrogen (secondary N) is 1. The Morgan fingerprint density at radius 1 is 1.29 bits per heavy atom. The van der Waals surface area contributed by atoms with Gasteiger partial charge in [0.15, 0.2) is 0 Å². The van der Waals surface area contributed by atoms with E-state index in [-0.39, 0.29) is 5.91 Å². The number of hydrogen-bond donors (Lipinski definition) is 1. The van der Waals surface area contributed by atoms with Crippen molar-refractivity contribution in [2.75, 3.05) is 6.54 Å². The molecular weight excluding hydrogens is 264 g/mol. The van der Waals surface area contributed by atoms with Crippen molar-refractivity contribution >= 4 is 16.8 Å². The molecule has 106 valence electrons. The number of amides is 1. The standard InChI is InChI=1S/C16H16N4O/c1-20-11-12(13-4-2-3-5-15(13)20)6-7-19-16(21)14-10-17-8-9-18-14/h2-5,8-11H,6-7H2,1H3,(H,19,21). The Bertz CT molecular complexity index is 764. The Hall–Kier alpha value is -2.69. The van der Waals surface area contributed by atoms with Crippen molar-refractivity contribution in [2.45, 2.75) is 6.42 Å². The summed E-state index contributed by atoms with van der Waals surface area (Å²) in [4.78, 5) is 19.8. The smallest absolute Gasteiger partial charge is 0.271 e. The van der Waals surface area contributed by atoms with Gasteiger partial charge in [0.1, 0.15) is 5.69 Å². The highest BCUT2D eigenvalue weighted by Crippen LogP contribution is 2.20. The maximum Gasteiger partial charge on any atom is 0.271 e. The number of carbonyl (C=O) groups is 1. The molecule has 0 aliphatic carbocycles. The second kappa shape index (κ2) is 5.75. The van der Waals surface area contributed by atoms with Gasteiger partial charge >= 0.3 is 0 Å². The monoisotopic (exact) mass is 280 g/mol. The number of para-hydroxylation sites is 1. The Kier molecular flexibility index (Phi) is 3.64. The van der Waals surface area contributed by atoms with E-state index in [1.54, 1.807) is 6.20 Å². The summed E-state index contributed by atoms with van der Waals surface area (Å²) in [7, 11) is 2.03. The van der Waals surface area contributed by atoms with E-state index in [0.717, 1.165) is 6.42 Å². The summed E-state index contributed by atoms with van der Waals surface area (Å²) < 4.78 is 2.11. The minimum Gasteiger partial charge on any atom is -0.350 e. The third-order valence-corrected chi connectivity index (χ3v) is 3.46. The van der Waals surface area contributed by atoms with E-state index in [1.807, 2.05) is 19.2 Å². The van der Waals surface area contributed by atoms with Gasteiger partial charge in [-0.3, -0.25) is 9.78 Å². The van der Waals surface area contributed by atoms with Gasteiger partial charge in [-0.15, -0.1) is 0 Å². The van der Waals surface area contributed by atoms with Gasteiger partial charge in [-0.2, -0.15) is 0 Å². The van der Waals surface area contributed by atoms with Crippen molar-refractivity contribution in [3.8, 4) is 0 Å². The fraction of sp³-hybridized carbons (Fsp3) is 0.188. The molecule has 0 aliphatic rings. The molecule has 0 spiro atoms. The highest BCUT2D eigenvalue weighted by Gasteiger charge is 2.08. The van der Waals surface area contributed by atoms with Gasteiger partial charge in [-0.25, -0.2) is 4.98 Å². The van der Waals surface area contributed by atoms with Crippen LogP contribution in [0.15, 0.2) is 49.1 Å². The molecule has 3 aromatic rings. The van der Waals surface area contributed by atoms with Gasteiger partial charge in [0.05, 0.1) is 6.20 Å². The summed E-state index contributed by atoms with van der Waals surface area (Å²) in [5.41, 5.74) is 2.77. The number of nitrogens with zero attached hydrogens (tertiary/aromatic N) is 3. The molecule has 0 atom stereocenters. The van der Waals surface area contributed by atoms with Crippen LogP contribution in [0.4, 0.5) is 0 Å². The first-order valence-corrected chi connectivity index (χ1v) is 6.83. The third kappa shape index (κ3) is 2.76. The van der Waals surface area contributed by atoms with Crippen molar-refractivity contribution in [3.05, 3.63) is 60.3 Å². The molecule has 1 N–H and O–H groups in total. The third-order valence-electron chi connectivity index (χ3n) is 3.46. The molecule has 3 rings (SSSR count). The van der Waals surface area contributed by atoms with Crippen LogP contribution in [0.1, 0.15) is 16.1 Å². The predicted molar refractivity (Wildman–Crippen MR) is 81.0 cm³/mol. The molecule has 0 saturated carbocycles. The lowest BCUT2D eigenvalue weighted by Crippen LogP contribution is -2.26. The molecule has 5 heteroatoms. The lowest BCUT2D eigenvalue weighted by molar-refractivity contribution is 0.0949. The topological polar surface area (TPSA) is 59.8 Å². The minimum atomic E-state index is -0.191. The van der Waals surface area contributed by atoms with Gasteiger partial charge in [0.2, 0.25) is 0 Å². The maximum absolute atomic E-state index is 11.9. The van der Waals surface area contributed by atoms with Crippen LogP contribution in [0, 0.1) is 0 Å². The first-order valence-electron chi connectivity index (χ1n) is 6.83. The highest BCUT2D eigenvalue weighted by atomic mass is 16.1. The van der Waals surface area contributed by atoms with Crippen molar-refractivity contribution < 1.29 is 4.79 Å². The Morgan fingerprint density at radius 3 is 2.95 bits per heavy atom. The average molecular weight is 280 g/mol. The molecule has 2 aromatic heterocycles. The Balaban J connectivity index is 1.66. The van der Waals surface area contributed by atoms with Crippen LogP contribution in [-0.4, -0.2) is 27.0 Å². The number of aryl methyl sites for hydroxylation is 1. The lowest BCUT2D eigenvalue weighted by atomic mass is 10.1. The quantitative estimate of drug-likeness (QED) is 0.794. The number of benzene rings is 1. The number of hydrogen-bond acceptors (Lipinski definition) is 3. The zero-order valence-corrected chi connectivity index (χ0v) is 11.8. The van der Waals surface area contributed by atoms with Crippen LogP contribution in [0.3, 0.4) is 0 Å². The highest BCUT2D eigenvalue weighted by molar-refractivity contribution is 5.91. The molecule has 1 aromatic carbocycles. The minimum absolute atomic E-state index is 0.191. The molecule has 1 amide bonds. The summed E-state index contributed by atoms with van der Waals surface area (Å²) in [6.45, 7) is 0.573. The fourth-order valence-corrected chi connectivity index (χ4v) is 2.44. The van der Waals surface area contributed by atoms with E-state index in [4.69, 9.17) is 0 Å². The SMILES string of the molecule is Cn1cc(CCNC(=O)c2cnccn2)c2ccccc21. The van der Waals surface area contributed by atoms with Crippen LogP contribution in [0.5, 0.6) is 0 Å². The van der Waals surface area contributed by atoms with Gasteiger partial charge in [-0.1, -0.05) is 18.2 Å². The van der Waals surface area contributed by atoms with Crippen molar-refractivity contribution in [2.24, 2.45) is 7.05 Å². The van der Waals surface area contributed by atoms with Gasteiger partial charge in [0, 0.05) is 43.1 Å². The van der Waals surface area contributed by atoms with Crippen molar-refractivity contribution in [1.82, 2.24) is 19.9 Å². The van der Waals surface area contributed by atoms with Crippen LogP contribution >= 0.6 is 0 Å². The second-order valence-electron chi connectivity index (χ2n) is 4.88. The zero-order chi connectivity index (χ0) is 14.7. The number of rotatable bonds is 4. The molecule has 2 heterocycles. The first-order chi connectivity index (χ1) is 10.3. The van der Waals surface area contributed by atoms with E-state index in [2.05, 4.69) is 38.2 Å². The number of aromatic nitrogens is 3. The molecule has 0 radical (unpaired) electrons. The second-order valence-corrected chi connectivity index (χ2v) is 4.88. The van der Waals surface area contributed by atoms with E-state index in [0.29, 0.717) is 12.2 Å². The molecule has 21 heavy (non-hydrogen) atoms. The molecule has 0 aliphatic heterocycles. The summed E-state index contributed by atoms with van der Waals surface area (Å²) in [6, 6.07) is 8.26. The van der Waals surface area contributed by atoms with Gasteiger partial charge in [-0.05, 0) is 18.1 Å². The molecular formula is C16H16N4O. The average Bonchev–Trinajstić information content (AvgIpc) is 2.85. The van der Waals surface area contributed by atoms with E-state index >= 15 is 0 Å². The van der Waals surface area contributed by atoms with E-state index in [9.17, 15) is 4.79 Å². The Morgan fingerprint density at radius 2 is 2.14 bits per heavy atom. The zero-order valence-electron chi connectivity index (χ0n) is 11.8. The number of carbonyl (C=O) groups excluding carboxylic acids is 1. The van der Waals surface area contributed by atoms with Crippen molar-refractivity contribution in [1.29, 1.82) is 0 Å². The van der Waals surface area contributed by atoms with Gasteiger partial charge < -0.3 is 9.88 Å². The van der Waals surface area contributed by atoms with Crippen LogP contribution in [0.2, 0.25) is 0 Å². The van der Waals surface area contributed by atoms with Crippen LogP contribution in [-0.2, 0) is 13.5 Å². The first kappa shape index (κ1) is 13.3. The predicted octanol–water partition coefficient (Wildman–Crippen LogP) is 1.94. The molecule has 0 bridgehead atoms. The van der Waals surface area contributed by atoms with E-state index < -0.39 is 0 Å². The van der Waals surface area contributed by atoms with E-state index in [1.165, 1.54) is 28.9 Å². The number of fused-ring (bicyclic) bond motifs is 1. The molecule has 0 saturated heterocycles. The summed E-state index contributed by atoms with van der Waals surface area (Å²) in [5, 5.41) is 4.10. The molecule has 5 nitrogen and oxygen atoms in total. The Labute approximate surface area is 122 Å². The van der Waals surface area contributed by atoms with Gasteiger partial charge in [0.25, 0.3) is 5.91 Å². The summed E-state index contributed by atoms with van der Waals surface area (Å²) in [5.74, 6) is -0.191. The largest absolute Gasteiger partial charge is 0.350 e. The molecule has 0 unspecified atom stereocenters. The summed E-state index contributed by atoms with van der Waals surface area (Å²) in [6.07, 6.45) is 7.42. The molecule has 0 fully saturated rings.